The Labute approximate surface area is 203 Å². The van der Waals surface area contributed by atoms with Crippen LogP contribution in [-0.2, 0) is 4.79 Å². The molecule has 0 spiro atoms. The molecule has 36 heavy (non-hydrogen) atoms. The molecule has 5 aromatic rings. The van der Waals surface area contributed by atoms with Crippen LogP contribution in [0, 0.1) is 6.92 Å². The summed E-state index contributed by atoms with van der Waals surface area (Å²) >= 11 is 0. The van der Waals surface area contributed by atoms with Gasteiger partial charge in [0.05, 0.1) is 7.11 Å². The molecule has 0 fully saturated rings. The second kappa shape index (κ2) is 8.69. The highest BCUT2D eigenvalue weighted by Crippen LogP contribution is 2.32. The van der Waals surface area contributed by atoms with E-state index in [1.807, 2.05) is 30.3 Å². The summed E-state index contributed by atoms with van der Waals surface area (Å²) in [5.74, 6) is -1.69. The molecule has 1 amide bonds. The van der Waals surface area contributed by atoms with Crippen molar-refractivity contribution in [3.05, 3.63) is 70.3 Å². The zero-order valence-electron chi connectivity index (χ0n) is 19.6. The number of hydrogen-bond acceptors (Lipinski definition) is 7. The monoisotopic (exact) mass is 487 g/mol. The number of hydrogen-bond donors (Lipinski definition) is 2. The average Bonchev–Trinajstić information content (AvgIpc) is 3.44. The van der Waals surface area contributed by atoms with Gasteiger partial charge in [-0.15, -0.1) is 0 Å². The maximum Gasteiger partial charge on any atom is 0.323 e. The first-order chi connectivity index (χ1) is 17.3. The number of nitrogens with zero attached hydrogens (tertiary/aromatic N) is 4. The number of H-pyrrole nitrogens is 1. The molecule has 0 unspecified atom stereocenters. The summed E-state index contributed by atoms with van der Waals surface area (Å²) in [6, 6.07) is 14.3. The summed E-state index contributed by atoms with van der Waals surface area (Å²) in [4.78, 5) is 48.5. The Morgan fingerprint density at radius 3 is 2.56 bits per heavy atom. The van der Waals surface area contributed by atoms with Crippen LogP contribution in [0.4, 0.5) is 0 Å². The van der Waals surface area contributed by atoms with Crippen LogP contribution in [0.2, 0.25) is 0 Å². The van der Waals surface area contributed by atoms with Crippen molar-refractivity contribution in [1.82, 2.24) is 24.5 Å². The van der Waals surface area contributed by atoms with Crippen molar-refractivity contribution < 1.29 is 23.8 Å². The molecule has 5 rings (SSSR count). The number of para-hydroxylation sites is 1. The first kappa shape index (κ1) is 22.8. The molecule has 0 saturated carbocycles. The number of carbonyl (C=O) groups is 2. The highest BCUT2D eigenvalue weighted by molar-refractivity contribution is 6.00. The van der Waals surface area contributed by atoms with E-state index in [2.05, 4.69) is 15.1 Å². The molecule has 3 heterocycles. The summed E-state index contributed by atoms with van der Waals surface area (Å²) in [6.45, 7) is 1.21. The third-order valence-corrected chi connectivity index (χ3v) is 5.76. The van der Waals surface area contributed by atoms with E-state index < -0.39 is 24.0 Å². The Balaban J connectivity index is 1.83. The van der Waals surface area contributed by atoms with Crippen molar-refractivity contribution in [3.63, 3.8) is 0 Å². The zero-order chi connectivity index (χ0) is 25.6. The normalized spacial score (nSPS) is 11.2. The molecular formula is C25H21N5O6. The number of ether oxygens (including phenoxy) is 1. The lowest BCUT2D eigenvalue weighted by molar-refractivity contribution is -0.137. The first-order valence-corrected chi connectivity index (χ1v) is 10.9. The number of amides is 1. The van der Waals surface area contributed by atoms with Crippen molar-refractivity contribution in [2.75, 3.05) is 20.7 Å². The number of nitrogens with one attached hydrogen (secondary N) is 1. The molecule has 2 aromatic carbocycles. The Bertz CT molecular complexity index is 1700. The number of fused-ring (bicyclic) bond motifs is 2. The van der Waals surface area contributed by atoms with Gasteiger partial charge < -0.3 is 19.2 Å². The number of aromatic nitrogens is 4. The fraction of sp³-hybridized carbons (Fsp3) is 0.160. The van der Waals surface area contributed by atoms with Gasteiger partial charge in [-0.3, -0.25) is 19.5 Å². The summed E-state index contributed by atoms with van der Waals surface area (Å²) < 4.78 is 12.4. The van der Waals surface area contributed by atoms with Crippen LogP contribution >= 0.6 is 0 Å². The molecule has 0 aliphatic heterocycles. The number of likely N-dealkylation sites (N-methyl/N-ethyl adjacent to an activating group) is 1. The molecule has 0 saturated heterocycles. The van der Waals surface area contributed by atoms with Gasteiger partial charge in [0.1, 0.15) is 23.6 Å². The minimum Gasteiger partial charge on any atom is -0.494 e. The Hall–Kier alpha value is -4.93. The Kier molecular flexibility index (Phi) is 5.51. The van der Waals surface area contributed by atoms with Crippen molar-refractivity contribution in [3.8, 4) is 28.3 Å². The largest absolute Gasteiger partial charge is 0.494 e. The molecule has 11 nitrogen and oxygen atoms in total. The van der Waals surface area contributed by atoms with Crippen LogP contribution in [0.15, 0.2) is 57.7 Å². The SMILES string of the molecule is COc1cccc2oc(-c3c(C(=O)N(C)CC(=O)O)nc4c(-c5ccccc5)c(C)[nH]n4c3=O)nc12. The van der Waals surface area contributed by atoms with Gasteiger partial charge in [-0.25, -0.2) is 14.5 Å². The fourth-order valence-electron chi connectivity index (χ4n) is 4.13. The molecule has 0 bridgehead atoms. The average molecular weight is 487 g/mol. The third-order valence-electron chi connectivity index (χ3n) is 5.76. The smallest absolute Gasteiger partial charge is 0.323 e. The molecule has 11 heteroatoms. The van der Waals surface area contributed by atoms with Crippen molar-refractivity contribution >= 4 is 28.6 Å². The number of methoxy groups -OCH3 is 1. The van der Waals surface area contributed by atoms with Gasteiger partial charge in [0.25, 0.3) is 11.5 Å². The predicted octanol–water partition coefficient (Wildman–Crippen LogP) is 2.97. The van der Waals surface area contributed by atoms with Gasteiger partial charge in [0.2, 0.25) is 5.89 Å². The maximum atomic E-state index is 13.8. The number of aryl methyl sites for hydroxylation is 1. The molecule has 0 radical (unpaired) electrons. The lowest BCUT2D eigenvalue weighted by atomic mass is 10.1. The van der Waals surface area contributed by atoms with E-state index in [1.54, 1.807) is 25.1 Å². The highest BCUT2D eigenvalue weighted by Gasteiger charge is 2.29. The van der Waals surface area contributed by atoms with E-state index >= 15 is 0 Å². The van der Waals surface area contributed by atoms with Crippen LogP contribution in [0.3, 0.4) is 0 Å². The van der Waals surface area contributed by atoms with Gasteiger partial charge in [0.15, 0.2) is 16.7 Å². The zero-order valence-corrected chi connectivity index (χ0v) is 19.6. The summed E-state index contributed by atoms with van der Waals surface area (Å²) in [7, 11) is 2.80. The maximum absolute atomic E-state index is 13.8. The molecule has 182 valence electrons. The van der Waals surface area contributed by atoms with E-state index in [9.17, 15) is 19.5 Å². The highest BCUT2D eigenvalue weighted by atomic mass is 16.5. The number of oxazole rings is 1. The van der Waals surface area contributed by atoms with E-state index in [0.717, 1.165) is 10.5 Å². The van der Waals surface area contributed by atoms with Gasteiger partial charge in [-0.2, -0.15) is 0 Å². The summed E-state index contributed by atoms with van der Waals surface area (Å²) in [5, 5.41) is 12.2. The van der Waals surface area contributed by atoms with E-state index in [-0.39, 0.29) is 22.8 Å². The predicted molar refractivity (Wildman–Crippen MR) is 130 cm³/mol. The minimum atomic E-state index is -1.21. The number of carboxylic acid groups (broad SMARTS) is 1. The van der Waals surface area contributed by atoms with Gasteiger partial charge in [-0.05, 0) is 24.6 Å². The number of aliphatic carboxylic acids is 1. The number of aromatic amines is 1. The van der Waals surface area contributed by atoms with Crippen molar-refractivity contribution in [1.29, 1.82) is 0 Å². The molecule has 3 aromatic heterocycles. The second-order valence-electron chi connectivity index (χ2n) is 8.16. The van der Waals surface area contributed by atoms with Crippen LogP contribution in [0.25, 0.3) is 39.3 Å². The molecule has 0 aliphatic carbocycles. The van der Waals surface area contributed by atoms with Crippen molar-refractivity contribution in [2.45, 2.75) is 6.92 Å². The Morgan fingerprint density at radius 2 is 1.86 bits per heavy atom. The third kappa shape index (κ3) is 3.66. The van der Waals surface area contributed by atoms with Crippen LogP contribution in [0.5, 0.6) is 5.75 Å². The van der Waals surface area contributed by atoms with Gasteiger partial charge in [-0.1, -0.05) is 36.4 Å². The topological polar surface area (TPSA) is 143 Å². The molecule has 0 aliphatic rings. The quantitative estimate of drug-likeness (QED) is 0.372. The molecular weight excluding hydrogens is 466 g/mol. The fourth-order valence-corrected chi connectivity index (χ4v) is 4.13. The summed E-state index contributed by atoms with van der Waals surface area (Å²) in [6.07, 6.45) is 0. The number of rotatable bonds is 6. The standard InChI is InChI=1S/C25H21N5O6/c1-13-18(14-8-5-4-6-9-14)22-26-21(25(34)29(2)12-17(31)32)19(24(33)30(22)28-13)23-27-20-15(35-3)10-7-11-16(20)36-23/h4-11,28H,12H2,1-3H3,(H,31,32). The van der Waals surface area contributed by atoms with Gasteiger partial charge in [0, 0.05) is 18.3 Å². The Morgan fingerprint density at radius 1 is 1.11 bits per heavy atom. The second-order valence-corrected chi connectivity index (χ2v) is 8.16. The number of benzene rings is 2. The number of carbonyl (C=O) groups excluding carboxylic acids is 1. The first-order valence-electron chi connectivity index (χ1n) is 10.9. The van der Waals surface area contributed by atoms with Gasteiger partial charge >= 0.3 is 5.97 Å². The van der Waals surface area contributed by atoms with Crippen LogP contribution < -0.4 is 10.3 Å². The van der Waals surface area contributed by atoms with E-state index in [1.165, 1.54) is 18.7 Å². The van der Waals surface area contributed by atoms with Crippen LogP contribution in [-0.4, -0.2) is 62.2 Å². The van der Waals surface area contributed by atoms with E-state index in [4.69, 9.17) is 9.15 Å². The lowest BCUT2D eigenvalue weighted by Crippen LogP contribution is -2.34. The van der Waals surface area contributed by atoms with Crippen LogP contribution in [0.1, 0.15) is 16.2 Å². The molecule has 2 N–H and O–H groups in total. The summed E-state index contributed by atoms with van der Waals surface area (Å²) in [5.41, 5.74) is 1.91. The van der Waals surface area contributed by atoms with E-state index in [0.29, 0.717) is 28.1 Å². The minimum absolute atomic E-state index is 0.137. The molecule has 0 atom stereocenters. The van der Waals surface area contributed by atoms with Crippen molar-refractivity contribution in [2.24, 2.45) is 0 Å². The lowest BCUT2D eigenvalue weighted by Gasteiger charge is -2.15. The number of carboxylic acids is 1.